The van der Waals surface area contributed by atoms with E-state index in [1.54, 1.807) is 12.4 Å². The van der Waals surface area contributed by atoms with Gasteiger partial charge in [0.05, 0.1) is 6.42 Å². The number of amides is 2. The average molecular weight is 626 g/mol. The minimum Gasteiger partial charge on any atom is -0.351 e. The molecule has 2 amide bonds. The van der Waals surface area contributed by atoms with E-state index in [2.05, 4.69) is 49.3 Å². The second-order valence-electron chi connectivity index (χ2n) is 10.8. The quantitative estimate of drug-likeness (QED) is 0.205. The molecule has 3 aromatic carbocycles. The third kappa shape index (κ3) is 8.60. The molecule has 7 heteroatoms. The van der Waals surface area contributed by atoms with Gasteiger partial charge in [-0.15, -0.1) is 0 Å². The molecule has 0 unspecified atom stereocenters. The Labute approximate surface area is 256 Å². The number of hydrogen-bond acceptors (Lipinski definition) is 4. The monoisotopic (exact) mass is 624 g/mol. The van der Waals surface area contributed by atoms with Crippen molar-refractivity contribution in [2.45, 2.75) is 32.2 Å². The number of pyridine rings is 1. The molecule has 5 rings (SSSR count). The Bertz CT molecular complexity index is 1470. The zero-order chi connectivity index (χ0) is 29.1. The maximum Gasteiger partial charge on any atom is 0.251 e. The van der Waals surface area contributed by atoms with Crippen molar-refractivity contribution in [2.24, 2.45) is 0 Å². The van der Waals surface area contributed by atoms with E-state index in [-0.39, 0.29) is 11.8 Å². The SMILES string of the molecule is O=C(NCCN1CCCC1)c1cccc(-c2cccc(CN(CCc3ccncc3)C(=O)Cc3ccc(Br)cc3)c2)c1. The molecule has 0 radical (unpaired) electrons. The minimum atomic E-state index is -0.0481. The Hall–Kier alpha value is -3.81. The van der Waals surface area contributed by atoms with Gasteiger partial charge in [0.15, 0.2) is 0 Å². The highest BCUT2D eigenvalue weighted by Gasteiger charge is 2.16. The Kier molecular flexibility index (Phi) is 10.5. The number of hydrogen-bond donors (Lipinski definition) is 1. The van der Waals surface area contributed by atoms with Crippen LogP contribution in [0.3, 0.4) is 0 Å². The summed E-state index contributed by atoms with van der Waals surface area (Å²) in [6.07, 6.45) is 7.17. The van der Waals surface area contributed by atoms with E-state index in [1.165, 1.54) is 12.8 Å². The van der Waals surface area contributed by atoms with E-state index in [4.69, 9.17) is 0 Å². The van der Waals surface area contributed by atoms with Gasteiger partial charge in [-0.2, -0.15) is 0 Å². The van der Waals surface area contributed by atoms with Crippen LogP contribution in [-0.4, -0.2) is 59.3 Å². The molecule has 216 valence electrons. The number of nitrogens with one attached hydrogen (secondary N) is 1. The Balaban J connectivity index is 1.27. The summed E-state index contributed by atoms with van der Waals surface area (Å²) in [6.45, 7) is 4.91. The third-order valence-corrected chi connectivity index (χ3v) is 8.24. The molecule has 2 heterocycles. The number of benzene rings is 3. The van der Waals surface area contributed by atoms with Crippen LogP contribution in [0.2, 0.25) is 0 Å². The summed E-state index contributed by atoms with van der Waals surface area (Å²) in [7, 11) is 0. The first-order valence-corrected chi connectivity index (χ1v) is 15.4. The van der Waals surface area contributed by atoms with Gasteiger partial charge in [0, 0.05) is 48.6 Å². The predicted octanol–water partition coefficient (Wildman–Crippen LogP) is 6.15. The van der Waals surface area contributed by atoms with Gasteiger partial charge in [0.25, 0.3) is 5.91 Å². The van der Waals surface area contributed by atoms with Gasteiger partial charge >= 0.3 is 0 Å². The summed E-state index contributed by atoms with van der Waals surface area (Å²) in [5.74, 6) is 0.0393. The number of nitrogens with zero attached hydrogens (tertiary/aromatic N) is 3. The number of aromatic nitrogens is 1. The fourth-order valence-electron chi connectivity index (χ4n) is 5.34. The number of rotatable bonds is 12. The molecule has 1 saturated heterocycles. The van der Waals surface area contributed by atoms with Crippen molar-refractivity contribution in [3.8, 4) is 11.1 Å². The summed E-state index contributed by atoms with van der Waals surface area (Å²) in [5.41, 5.74) is 5.84. The zero-order valence-electron chi connectivity index (χ0n) is 23.8. The van der Waals surface area contributed by atoms with Gasteiger partial charge in [-0.3, -0.25) is 14.6 Å². The third-order valence-electron chi connectivity index (χ3n) is 7.71. The molecule has 6 nitrogen and oxygen atoms in total. The standard InChI is InChI=1S/C35H37BrN4O2/c36-33-11-9-28(10-12-33)24-34(41)40(21-15-27-13-16-37-17-14-27)26-29-5-3-6-30(23-29)31-7-4-8-32(25-31)35(42)38-18-22-39-19-1-2-20-39/h3-14,16-17,23,25H,1-2,15,18-22,24,26H2,(H,38,42). The van der Waals surface area contributed by atoms with Crippen molar-refractivity contribution in [3.63, 3.8) is 0 Å². The summed E-state index contributed by atoms with van der Waals surface area (Å²) >= 11 is 3.47. The van der Waals surface area contributed by atoms with Crippen molar-refractivity contribution in [1.29, 1.82) is 0 Å². The van der Waals surface area contributed by atoms with Crippen LogP contribution in [0, 0.1) is 0 Å². The summed E-state index contributed by atoms with van der Waals surface area (Å²) in [5, 5.41) is 3.07. The fourth-order valence-corrected chi connectivity index (χ4v) is 5.60. The topological polar surface area (TPSA) is 65.5 Å². The molecule has 1 aliphatic heterocycles. The lowest BCUT2D eigenvalue weighted by Gasteiger charge is -2.23. The zero-order valence-corrected chi connectivity index (χ0v) is 25.4. The van der Waals surface area contributed by atoms with E-state index in [1.807, 2.05) is 71.6 Å². The van der Waals surface area contributed by atoms with Gasteiger partial charge in [-0.05, 0) is 103 Å². The highest BCUT2D eigenvalue weighted by molar-refractivity contribution is 9.10. The van der Waals surface area contributed by atoms with Crippen molar-refractivity contribution >= 4 is 27.7 Å². The first-order valence-electron chi connectivity index (χ1n) is 14.6. The van der Waals surface area contributed by atoms with Crippen LogP contribution in [0.15, 0.2) is 102 Å². The highest BCUT2D eigenvalue weighted by atomic mass is 79.9. The van der Waals surface area contributed by atoms with Crippen molar-refractivity contribution in [1.82, 2.24) is 20.1 Å². The average Bonchev–Trinajstić information content (AvgIpc) is 3.55. The Morgan fingerprint density at radius 2 is 1.55 bits per heavy atom. The highest BCUT2D eigenvalue weighted by Crippen LogP contribution is 2.23. The molecule has 0 spiro atoms. The summed E-state index contributed by atoms with van der Waals surface area (Å²) in [4.78, 5) is 34.8. The number of carbonyl (C=O) groups excluding carboxylic acids is 2. The molecular formula is C35H37BrN4O2. The molecule has 42 heavy (non-hydrogen) atoms. The van der Waals surface area contributed by atoms with Crippen molar-refractivity contribution in [2.75, 3.05) is 32.7 Å². The van der Waals surface area contributed by atoms with E-state index < -0.39 is 0 Å². The summed E-state index contributed by atoms with van der Waals surface area (Å²) < 4.78 is 0.994. The normalized spacial score (nSPS) is 13.2. The van der Waals surface area contributed by atoms with Crippen LogP contribution in [0.1, 0.15) is 39.9 Å². The molecule has 0 bridgehead atoms. The molecule has 0 saturated carbocycles. The van der Waals surface area contributed by atoms with Gasteiger partial charge in [0.2, 0.25) is 5.91 Å². The smallest absolute Gasteiger partial charge is 0.251 e. The maximum atomic E-state index is 13.5. The lowest BCUT2D eigenvalue weighted by atomic mass is 10.0. The lowest BCUT2D eigenvalue weighted by molar-refractivity contribution is -0.131. The molecule has 0 atom stereocenters. The van der Waals surface area contributed by atoms with Crippen LogP contribution < -0.4 is 5.32 Å². The first kappa shape index (κ1) is 29.7. The van der Waals surface area contributed by atoms with Gasteiger partial charge in [-0.1, -0.05) is 58.4 Å². The van der Waals surface area contributed by atoms with E-state index in [0.29, 0.717) is 31.6 Å². The second kappa shape index (κ2) is 14.9. The largest absolute Gasteiger partial charge is 0.351 e. The molecule has 4 aromatic rings. The maximum absolute atomic E-state index is 13.5. The van der Waals surface area contributed by atoms with Crippen molar-refractivity contribution in [3.05, 3.63) is 124 Å². The Morgan fingerprint density at radius 1 is 0.833 bits per heavy atom. The summed E-state index contributed by atoms with van der Waals surface area (Å²) in [6, 6.07) is 27.9. The molecule has 1 fully saturated rings. The second-order valence-corrected chi connectivity index (χ2v) is 11.7. The molecule has 1 aliphatic rings. The van der Waals surface area contributed by atoms with E-state index in [9.17, 15) is 9.59 Å². The van der Waals surface area contributed by atoms with Crippen LogP contribution >= 0.6 is 15.9 Å². The van der Waals surface area contributed by atoms with Crippen molar-refractivity contribution < 1.29 is 9.59 Å². The van der Waals surface area contributed by atoms with Crippen LogP contribution in [0.25, 0.3) is 11.1 Å². The molecule has 0 aliphatic carbocycles. The van der Waals surface area contributed by atoms with E-state index in [0.717, 1.165) is 58.3 Å². The molecule has 1 aromatic heterocycles. The lowest BCUT2D eigenvalue weighted by Crippen LogP contribution is -2.33. The molecule has 1 N–H and O–H groups in total. The van der Waals surface area contributed by atoms with E-state index >= 15 is 0 Å². The number of likely N-dealkylation sites (tertiary alicyclic amines) is 1. The van der Waals surface area contributed by atoms with Gasteiger partial charge in [-0.25, -0.2) is 0 Å². The van der Waals surface area contributed by atoms with Crippen LogP contribution in [0.5, 0.6) is 0 Å². The first-order chi connectivity index (χ1) is 20.5. The van der Waals surface area contributed by atoms with Gasteiger partial charge < -0.3 is 15.1 Å². The number of halogens is 1. The van der Waals surface area contributed by atoms with Crippen LogP contribution in [0.4, 0.5) is 0 Å². The predicted molar refractivity (Wildman–Crippen MR) is 171 cm³/mol. The fraction of sp³-hybridized carbons (Fsp3) is 0.286. The van der Waals surface area contributed by atoms with Crippen LogP contribution in [-0.2, 0) is 24.2 Å². The minimum absolute atomic E-state index is 0.0481. The van der Waals surface area contributed by atoms with Gasteiger partial charge in [0.1, 0.15) is 0 Å². The number of carbonyl (C=O) groups is 2. The Morgan fingerprint density at radius 3 is 2.31 bits per heavy atom. The molecular weight excluding hydrogens is 588 g/mol.